The second-order valence-electron chi connectivity index (χ2n) is 8.39. The molecule has 1 aliphatic heterocycles. The van der Waals surface area contributed by atoms with Crippen LogP contribution in [0.2, 0.25) is 0 Å². The zero-order chi connectivity index (χ0) is 21.2. The molecule has 0 aromatic rings. The zero-order valence-corrected chi connectivity index (χ0v) is 18.6. The topological polar surface area (TPSA) is 79.2 Å². The van der Waals surface area contributed by atoms with Gasteiger partial charge in [-0.15, -0.1) is 0 Å². The molecule has 1 heterocycles. The Kier molecular flexibility index (Phi) is 16.8. The van der Waals surface area contributed by atoms with Crippen molar-refractivity contribution in [2.75, 3.05) is 19.8 Å². The fraction of sp³-hybridized carbons (Fsp3) is 0.917. The molecule has 0 amide bonds. The first-order chi connectivity index (χ1) is 14.2. The van der Waals surface area contributed by atoms with Crippen LogP contribution in [0.3, 0.4) is 0 Å². The summed E-state index contributed by atoms with van der Waals surface area (Å²) >= 11 is 0. The van der Waals surface area contributed by atoms with Crippen molar-refractivity contribution in [3.05, 3.63) is 12.2 Å². The highest BCUT2D eigenvalue weighted by Gasteiger charge is 2.38. The number of unbranched alkanes of at least 4 members (excludes halogenated alkanes) is 12. The van der Waals surface area contributed by atoms with Crippen LogP contribution in [0.1, 0.15) is 96.8 Å². The van der Waals surface area contributed by atoms with E-state index in [1.165, 1.54) is 70.6 Å². The Morgan fingerprint density at radius 1 is 0.828 bits per heavy atom. The molecular formula is C24H46O5. The van der Waals surface area contributed by atoms with Crippen LogP contribution in [0.25, 0.3) is 0 Å². The van der Waals surface area contributed by atoms with Crippen molar-refractivity contribution in [1.82, 2.24) is 0 Å². The number of aliphatic hydroxyl groups excluding tert-OH is 3. The fourth-order valence-corrected chi connectivity index (χ4v) is 3.81. The molecule has 172 valence electrons. The van der Waals surface area contributed by atoms with Gasteiger partial charge in [0.25, 0.3) is 0 Å². The molecule has 0 spiro atoms. The van der Waals surface area contributed by atoms with Crippen LogP contribution in [0, 0.1) is 0 Å². The molecule has 3 N–H and O–H groups in total. The largest absolute Gasteiger partial charge is 0.394 e. The van der Waals surface area contributed by atoms with E-state index in [9.17, 15) is 10.2 Å². The van der Waals surface area contributed by atoms with Gasteiger partial charge in [0.1, 0.15) is 24.4 Å². The van der Waals surface area contributed by atoms with E-state index in [0.717, 1.165) is 19.3 Å². The van der Waals surface area contributed by atoms with Crippen LogP contribution in [0.5, 0.6) is 0 Å². The van der Waals surface area contributed by atoms with Gasteiger partial charge < -0.3 is 24.8 Å². The molecule has 1 rings (SSSR count). The standard InChI is InChI=1S/C24H46O5/c1-2-3-4-5-6-7-8-9-10-11-12-13-14-15-16-17-18-28-24-21(26)20-29-22(19-25)23(24)27/h14-15,21-27H,2-13,16-20H2,1H3/b15-14+/t21-,22+,23+,24+/m1/s1. The maximum atomic E-state index is 10.1. The van der Waals surface area contributed by atoms with Crippen molar-refractivity contribution in [2.45, 2.75) is 121 Å². The Morgan fingerprint density at radius 3 is 1.97 bits per heavy atom. The highest BCUT2D eigenvalue weighted by atomic mass is 16.6. The lowest BCUT2D eigenvalue weighted by atomic mass is 10.0. The molecule has 0 aliphatic carbocycles. The molecule has 1 saturated heterocycles. The Balaban J connectivity index is 1.88. The summed E-state index contributed by atoms with van der Waals surface area (Å²) in [6, 6.07) is 0. The van der Waals surface area contributed by atoms with E-state index in [-0.39, 0.29) is 13.2 Å². The van der Waals surface area contributed by atoms with Crippen LogP contribution in [-0.2, 0) is 9.47 Å². The zero-order valence-electron chi connectivity index (χ0n) is 18.6. The van der Waals surface area contributed by atoms with Gasteiger partial charge in [-0.1, -0.05) is 83.3 Å². The van der Waals surface area contributed by atoms with E-state index < -0.39 is 24.4 Å². The van der Waals surface area contributed by atoms with Crippen LogP contribution in [-0.4, -0.2) is 59.6 Å². The van der Waals surface area contributed by atoms with E-state index in [2.05, 4.69) is 19.1 Å². The highest BCUT2D eigenvalue weighted by molar-refractivity contribution is 4.88. The summed E-state index contributed by atoms with van der Waals surface area (Å²) in [5.41, 5.74) is 0. The van der Waals surface area contributed by atoms with Gasteiger partial charge in [0.15, 0.2) is 0 Å². The third-order valence-electron chi connectivity index (χ3n) is 5.72. The van der Waals surface area contributed by atoms with E-state index >= 15 is 0 Å². The number of ether oxygens (including phenoxy) is 2. The van der Waals surface area contributed by atoms with Crippen molar-refractivity contribution in [2.24, 2.45) is 0 Å². The number of hydrogen-bond acceptors (Lipinski definition) is 5. The van der Waals surface area contributed by atoms with Crippen molar-refractivity contribution in [1.29, 1.82) is 0 Å². The second kappa shape index (κ2) is 18.3. The van der Waals surface area contributed by atoms with Gasteiger partial charge in [-0.05, 0) is 25.7 Å². The number of aliphatic hydroxyl groups is 3. The molecule has 5 nitrogen and oxygen atoms in total. The molecule has 0 aromatic carbocycles. The Labute approximate surface area is 178 Å². The summed E-state index contributed by atoms with van der Waals surface area (Å²) in [6.45, 7) is 2.57. The predicted molar refractivity (Wildman–Crippen MR) is 118 cm³/mol. The van der Waals surface area contributed by atoms with Crippen molar-refractivity contribution >= 4 is 0 Å². The minimum Gasteiger partial charge on any atom is -0.394 e. The van der Waals surface area contributed by atoms with Crippen molar-refractivity contribution in [3.8, 4) is 0 Å². The Hall–Kier alpha value is -0.460. The molecule has 4 atom stereocenters. The average Bonchev–Trinajstić information content (AvgIpc) is 2.72. The molecule has 0 aromatic heterocycles. The molecule has 0 bridgehead atoms. The van der Waals surface area contributed by atoms with E-state index in [1.807, 2.05) is 0 Å². The summed E-state index contributed by atoms with van der Waals surface area (Å²) in [7, 11) is 0. The molecule has 1 aliphatic rings. The first-order valence-corrected chi connectivity index (χ1v) is 12.1. The minimum absolute atomic E-state index is 0.0891. The molecule has 0 radical (unpaired) electrons. The van der Waals surface area contributed by atoms with Crippen LogP contribution in [0.15, 0.2) is 12.2 Å². The number of allylic oxidation sites excluding steroid dienone is 2. The fourth-order valence-electron chi connectivity index (χ4n) is 3.81. The molecule has 5 heteroatoms. The quantitative estimate of drug-likeness (QED) is 0.227. The van der Waals surface area contributed by atoms with Gasteiger partial charge >= 0.3 is 0 Å². The third-order valence-corrected chi connectivity index (χ3v) is 5.72. The lowest BCUT2D eigenvalue weighted by Crippen LogP contribution is -2.55. The Bertz CT molecular complexity index is 387. The van der Waals surface area contributed by atoms with E-state index in [1.54, 1.807) is 0 Å². The first kappa shape index (κ1) is 26.6. The summed E-state index contributed by atoms with van der Waals surface area (Å²) < 4.78 is 10.8. The van der Waals surface area contributed by atoms with Crippen molar-refractivity contribution < 1.29 is 24.8 Å². The maximum Gasteiger partial charge on any atom is 0.114 e. The lowest BCUT2D eigenvalue weighted by molar-refractivity contribution is -0.210. The van der Waals surface area contributed by atoms with E-state index in [0.29, 0.717) is 6.61 Å². The minimum atomic E-state index is -0.986. The summed E-state index contributed by atoms with van der Waals surface area (Å²) in [6.07, 6.45) is 19.4. The SMILES string of the molecule is CCCCCCCCCCCCC/C=C/CCCO[C@@H]1[C@@H](O)[C@H](CO)OC[C@H]1O. The van der Waals surface area contributed by atoms with Gasteiger partial charge in [-0.2, -0.15) is 0 Å². The maximum absolute atomic E-state index is 10.1. The number of hydrogen-bond donors (Lipinski definition) is 3. The predicted octanol–water partition coefficient (Wildman–Crippen LogP) is 4.52. The van der Waals surface area contributed by atoms with Crippen LogP contribution in [0.4, 0.5) is 0 Å². The second-order valence-corrected chi connectivity index (χ2v) is 8.39. The summed E-state index contributed by atoms with van der Waals surface area (Å²) in [4.78, 5) is 0. The molecule has 0 saturated carbocycles. The molecule has 1 fully saturated rings. The highest BCUT2D eigenvalue weighted by Crippen LogP contribution is 2.19. The van der Waals surface area contributed by atoms with Gasteiger partial charge in [-0.25, -0.2) is 0 Å². The monoisotopic (exact) mass is 414 g/mol. The normalized spacial score (nSPS) is 25.1. The van der Waals surface area contributed by atoms with Gasteiger partial charge in [0.2, 0.25) is 0 Å². The summed E-state index contributed by atoms with van der Waals surface area (Å²) in [5.74, 6) is 0. The smallest absolute Gasteiger partial charge is 0.114 e. The summed E-state index contributed by atoms with van der Waals surface area (Å²) in [5, 5.41) is 29.1. The van der Waals surface area contributed by atoms with Crippen molar-refractivity contribution in [3.63, 3.8) is 0 Å². The molecule has 29 heavy (non-hydrogen) atoms. The van der Waals surface area contributed by atoms with Gasteiger partial charge in [0.05, 0.1) is 13.2 Å². The molecule has 0 unspecified atom stereocenters. The first-order valence-electron chi connectivity index (χ1n) is 12.1. The average molecular weight is 415 g/mol. The van der Waals surface area contributed by atoms with Crippen LogP contribution >= 0.6 is 0 Å². The number of rotatable bonds is 18. The van der Waals surface area contributed by atoms with Crippen LogP contribution < -0.4 is 0 Å². The Morgan fingerprint density at radius 2 is 1.38 bits per heavy atom. The van der Waals surface area contributed by atoms with E-state index in [4.69, 9.17) is 14.6 Å². The van der Waals surface area contributed by atoms with Gasteiger partial charge in [-0.3, -0.25) is 0 Å². The van der Waals surface area contributed by atoms with Gasteiger partial charge in [0, 0.05) is 6.61 Å². The lowest BCUT2D eigenvalue weighted by Gasteiger charge is -2.37. The third kappa shape index (κ3) is 12.7. The molecular weight excluding hydrogens is 368 g/mol.